The van der Waals surface area contributed by atoms with Crippen LogP contribution in [0.4, 0.5) is 0 Å². The van der Waals surface area contributed by atoms with Crippen molar-refractivity contribution >= 4 is 15.9 Å². The topological polar surface area (TPSA) is 84.9 Å². The maximum absolute atomic E-state index is 12.8. The number of nitrogens with two attached hydrogens (primary N) is 1. The van der Waals surface area contributed by atoms with Crippen molar-refractivity contribution in [3.63, 3.8) is 0 Å². The van der Waals surface area contributed by atoms with Gasteiger partial charge in [-0.15, -0.1) is 0 Å². The van der Waals surface area contributed by atoms with Crippen LogP contribution in [0.15, 0.2) is 29.2 Å². The fraction of sp³-hybridized carbons (Fsp3) is 0.588. The molecule has 3 N–H and O–H groups in total. The first kappa shape index (κ1) is 18.9. The molecule has 24 heavy (non-hydrogen) atoms. The smallest absolute Gasteiger partial charge is 0.275 e. The Bertz CT molecular complexity index is 665. The Hall–Kier alpha value is -1.44. The molecule has 2 atom stereocenters. The fourth-order valence-corrected chi connectivity index (χ4v) is 4.44. The molecular weight excluding hydrogens is 326 g/mol. The van der Waals surface area contributed by atoms with Gasteiger partial charge in [0, 0.05) is 0 Å². The van der Waals surface area contributed by atoms with Crippen molar-refractivity contribution in [2.75, 3.05) is 26.2 Å². The first-order valence-electron chi connectivity index (χ1n) is 8.51. The summed E-state index contributed by atoms with van der Waals surface area (Å²) in [6.07, 6.45) is 1.02. The number of hydrogen-bond donors (Lipinski definition) is 2. The summed E-state index contributed by atoms with van der Waals surface area (Å²) in [5, 5.41) is 0. The minimum Gasteiger partial charge on any atom is -0.365 e. The Morgan fingerprint density at radius 1 is 1.21 bits per heavy atom. The maximum Gasteiger partial charge on any atom is 0.275 e. The van der Waals surface area contributed by atoms with E-state index in [4.69, 9.17) is 5.73 Å². The lowest BCUT2D eigenvalue weighted by molar-refractivity contribution is -0.917. The predicted octanol–water partition coefficient (Wildman–Crippen LogP) is -0.0369. The number of hydrogen-bond acceptors (Lipinski definition) is 3. The molecule has 1 heterocycles. The van der Waals surface area contributed by atoms with Gasteiger partial charge < -0.3 is 10.6 Å². The molecule has 0 bridgehead atoms. The van der Waals surface area contributed by atoms with E-state index in [-0.39, 0.29) is 11.9 Å². The zero-order valence-electron chi connectivity index (χ0n) is 14.7. The van der Waals surface area contributed by atoms with E-state index in [2.05, 4.69) is 13.8 Å². The molecule has 1 aliphatic rings. The van der Waals surface area contributed by atoms with Crippen LogP contribution in [-0.4, -0.2) is 50.9 Å². The number of carbonyl (C=O) groups excluding carboxylic acids is 1. The van der Waals surface area contributed by atoms with Crippen LogP contribution >= 0.6 is 0 Å². The molecule has 1 aromatic rings. The molecule has 2 rings (SSSR count). The molecule has 7 heteroatoms. The SMILES string of the molecule is CC[C@H](C)c1ccc(S(=O)(=O)N2CC[NH+]([C@@H](C)C(N)=O)CC2)cc1. The van der Waals surface area contributed by atoms with Gasteiger partial charge in [0.1, 0.15) is 0 Å². The van der Waals surface area contributed by atoms with E-state index in [1.54, 1.807) is 19.1 Å². The molecule has 0 saturated carbocycles. The van der Waals surface area contributed by atoms with E-state index in [0.29, 0.717) is 37.0 Å². The largest absolute Gasteiger partial charge is 0.365 e. The van der Waals surface area contributed by atoms with E-state index in [1.165, 1.54) is 4.31 Å². The fourth-order valence-electron chi connectivity index (χ4n) is 3.00. The zero-order chi connectivity index (χ0) is 17.9. The number of nitrogens with one attached hydrogen (secondary N) is 1. The third kappa shape index (κ3) is 3.96. The van der Waals surface area contributed by atoms with Crippen molar-refractivity contribution in [3.8, 4) is 0 Å². The van der Waals surface area contributed by atoms with Crippen LogP contribution in [0.5, 0.6) is 0 Å². The average molecular weight is 354 g/mol. The Morgan fingerprint density at radius 3 is 2.21 bits per heavy atom. The van der Waals surface area contributed by atoms with Gasteiger partial charge in [-0.2, -0.15) is 4.31 Å². The van der Waals surface area contributed by atoms with Gasteiger partial charge in [0.2, 0.25) is 10.0 Å². The molecule has 0 unspecified atom stereocenters. The average Bonchev–Trinajstić information content (AvgIpc) is 2.60. The van der Waals surface area contributed by atoms with Gasteiger partial charge in [0.25, 0.3) is 5.91 Å². The van der Waals surface area contributed by atoms with Gasteiger partial charge in [-0.3, -0.25) is 4.79 Å². The number of nitrogens with zero attached hydrogens (tertiary/aromatic N) is 1. The second kappa shape index (κ2) is 7.63. The summed E-state index contributed by atoms with van der Waals surface area (Å²) in [7, 11) is -3.48. The van der Waals surface area contributed by atoms with Gasteiger partial charge in [0.05, 0.1) is 31.1 Å². The van der Waals surface area contributed by atoms with Crippen LogP contribution < -0.4 is 10.6 Å². The number of piperazine rings is 1. The quantitative estimate of drug-likeness (QED) is 0.752. The second-order valence-corrected chi connectivity index (χ2v) is 8.50. The lowest BCUT2D eigenvalue weighted by Crippen LogP contribution is -3.19. The first-order chi connectivity index (χ1) is 11.3. The molecular formula is C17H28N3O3S+. The molecule has 1 aliphatic heterocycles. The van der Waals surface area contributed by atoms with E-state index in [9.17, 15) is 13.2 Å². The Kier molecular flexibility index (Phi) is 6.01. The Morgan fingerprint density at radius 2 is 1.75 bits per heavy atom. The van der Waals surface area contributed by atoms with Gasteiger partial charge in [-0.1, -0.05) is 26.0 Å². The van der Waals surface area contributed by atoms with Crippen LogP contribution in [0.3, 0.4) is 0 Å². The van der Waals surface area contributed by atoms with Gasteiger partial charge in [-0.05, 0) is 37.0 Å². The molecule has 0 spiro atoms. The van der Waals surface area contributed by atoms with Gasteiger partial charge >= 0.3 is 0 Å². The van der Waals surface area contributed by atoms with Crippen LogP contribution in [-0.2, 0) is 14.8 Å². The minimum atomic E-state index is -3.48. The second-order valence-electron chi connectivity index (χ2n) is 6.56. The highest BCUT2D eigenvalue weighted by Crippen LogP contribution is 2.22. The summed E-state index contributed by atoms with van der Waals surface area (Å²) in [6.45, 7) is 8.03. The Labute approximate surface area is 144 Å². The third-order valence-corrected chi connectivity index (χ3v) is 7.02. The molecule has 1 amide bonds. The number of primary amides is 1. The Balaban J connectivity index is 2.08. The first-order valence-corrected chi connectivity index (χ1v) is 9.95. The summed E-state index contributed by atoms with van der Waals surface area (Å²) >= 11 is 0. The highest BCUT2D eigenvalue weighted by Gasteiger charge is 2.33. The summed E-state index contributed by atoms with van der Waals surface area (Å²) in [4.78, 5) is 12.7. The van der Waals surface area contributed by atoms with E-state index < -0.39 is 10.0 Å². The highest BCUT2D eigenvalue weighted by atomic mass is 32.2. The van der Waals surface area contributed by atoms with Crippen molar-refractivity contribution in [1.29, 1.82) is 0 Å². The monoisotopic (exact) mass is 354 g/mol. The van der Waals surface area contributed by atoms with E-state index in [0.717, 1.165) is 16.9 Å². The number of benzene rings is 1. The van der Waals surface area contributed by atoms with Crippen LogP contribution in [0, 0.1) is 0 Å². The number of carbonyl (C=O) groups is 1. The van der Waals surface area contributed by atoms with Crippen molar-refractivity contribution in [2.45, 2.75) is 44.0 Å². The summed E-state index contributed by atoms with van der Waals surface area (Å²) in [6, 6.07) is 6.91. The molecule has 0 aliphatic carbocycles. The predicted molar refractivity (Wildman–Crippen MR) is 93.3 cm³/mol. The van der Waals surface area contributed by atoms with Crippen LogP contribution in [0.2, 0.25) is 0 Å². The molecule has 1 saturated heterocycles. The van der Waals surface area contributed by atoms with Crippen molar-refractivity contribution < 1.29 is 18.1 Å². The number of amides is 1. The third-order valence-electron chi connectivity index (χ3n) is 5.10. The van der Waals surface area contributed by atoms with Crippen molar-refractivity contribution in [1.82, 2.24) is 4.31 Å². The highest BCUT2D eigenvalue weighted by molar-refractivity contribution is 7.89. The number of rotatable bonds is 6. The summed E-state index contributed by atoms with van der Waals surface area (Å²) in [5.74, 6) is 0.0751. The van der Waals surface area contributed by atoms with E-state index >= 15 is 0 Å². The number of quaternary nitrogens is 1. The molecule has 0 radical (unpaired) electrons. The molecule has 0 aromatic heterocycles. The maximum atomic E-state index is 12.8. The number of sulfonamides is 1. The molecule has 1 fully saturated rings. The summed E-state index contributed by atoms with van der Waals surface area (Å²) in [5.41, 5.74) is 6.49. The van der Waals surface area contributed by atoms with Crippen molar-refractivity contribution in [3.05, 3.63) is 29.8 Å². The van der Waals surface area contributed by atoms with Crippen LogP contribution in [0.25, 0.3) is 0 Å². The zero-order valence-corrected chi connectivity index (χ0v) is 15.5. The lowest BCUT2D eigenvalue weighted by Gasteiger charge is -2.33. The minimum absolute atomic E-state index is 0.287. The normalized spacial score (nSPS) is 19.8. The lowest BCUT2D eigenvalue weighted by atomic mass is 9.99. The van der Waals surface area contributed by atoms with Gasteiger partial charge in [0.15, 0.2) is 6.04 Å². The van der Waals surface area contributed by atoms with E-state index in [1.807, 2.05) is 12.1 Å². The van der Waals surface area contributed by atoms with Crippen molar-refractivity contribution in [2.24, 2.45) is 5.73 Å². The molecule has 1 aromatic carbocycles. The summed E-state index contributed by atoms with van der Waals surface area (Å²) < 4.78 is 27.0. The molecule has 134 valence electrons. The standard InChI is InChI=1S/C17H27N3O3S/c1-4-13(2)15-5-7-16(8-6-15)24(22,23)20-11-9-19(10-12-20)14(3)17(18)21/h5-8,13-14H,4,9-12H2,1-3H3,(H2,18,21)/p+1/t13-,14-/m0/s1. The van der Waals surface area contributed by atoms with Gasteiger partial charge in [-0.25, -0.2) is 8.42 Å². The molecule has 6 nitrogen and oxygen atoms in total. The van der Waals surface area contributed by atoms with Crippen LogP contribution in [0.1, 0.15) is 38.7 Å².